The molecule has 0 amide bonds. The Bertz CT molecular complexity index is 255. The molecule has 0 aromatic carbocycles. The average molecular weight is 237 g/mol. The van der Waals surface area contributed by atoms with Crippen molar-refractivity contribution < 1.29 is 0 Å². The van der Waals surface area contributed by atoms with Crippen LogP contribution in [0, 0.1) is 5.41 Å². The average Bonchev–Trinajstić information content (AvgIpc) is 2.29. The molecule has 3 rings (SSSR count). The molecular formula is C14H27N3. The van der Waals surface area contributed by atoms with E-state index in [0.29, 0.717) is 0 Å². The molecule has 3 fully saturated rings. The number of hydrogen-bond donors (Lipinski definition) is 0. The summed E-state index contributed by atoms with van der Waals surface area (Å²) in [5.41, 5.74) is 0.718. The van der Waals surface area contributed by atoms with E-state index in [1.54, 1.807) is 0 Å². The van der Waals surface area contributed by atoms with Crippen molar-refractivity contribution in [3.05, 3.63) is 0 Å². The third-order valence-electron chi connectivity index (χ3n) is 5.33. The molecule has 0 saturated carbocycles. The highest BCUT2D eigenvalue weighted by atomic mass is 15.3. The summed E-state index contributed by atoms with van der Waals surface area (Å²) in [5.74, 6) is 0. The number of rotatable bonds is 1. The Morgan fingerprint density at radius 2 is 1.35 bits per heavy atom. The molecule has 0 atom stereocenters. The molecule has 3 nitrogen and oxygen atoms in total. The summed E-state index contributed by atoms with van der Waals surface area (Å²) in [6.07, 6.45) is 5.66. The lowest BCUT2D eigenvalue weighted by Gasteiger charge is -2.57. The van der Waals surface area contributed by atoms with Crippen LogP contribution in [0.15, 0.2) is 0 Å². The van der Waals surface area contributed by atoms with E-state index in [0.717, 1.165) is 11.5 Å². The van der Waals surface area contributed by atoms with E-state index in [1.807, 2.05) is 0 Å². The van der Waals surface area contributed by atoms with Gasteiger partial charge in [-0.2, -0.15) is 0 Å². The van der Waals surface area contributed by atoms with Crippen LogP contribution in [0.25, 0.3) is 0 Å². The molecule has 0 radical (unpaired) electrons. The summed E-state index contributed by atoms with van der Waals surface area (Å²) in [5, 5.41) is 0. The minimum Gasteiger partial charge on any atom is -0.306 e. The first-order valence-electron chi connectivity index (χ1n) is 7.28. The lowest BCUT2D eigenvalue weighted by atomic mass is 9.71. The third kappa shape index (κ3) is 2.38. The van der Waals surface area contributed by atoms with Gasteiger partial charge in [0.1, 0.15) is 0 Å². The molecule has 0 aromatic rings. The van der Waals surface area contributed by atoms with Gasteiger partial charge in [-0.15, -0.1) is 0 Å². The molecule has 3 aliphatic rings. The van der Waals surface area contributed by atoms with Gasteiger partial charge >= 0.3 is 0 Å². The van der Waals surface area contributed by atoms with Crippen LogP contribution in [-0.2, 0) is 0 Å². The van der Waals surface area contributed by atoms with Gasteiger partial charge in [0.25, 0.3) is 0 Å². The molecule has 0 aromatic heterocycles. The smallest absolute Gasteiger partial charge is 0.0120 e. The third-order valence-corrected chi connectivity index (χ3v) is 5.33. The number of hydrogen-bond acceptors (Lipinski definition) is 3. The fraction of sp³-hybridized carbons (Fsp3) is 1.00. The fourth-order valence-electron chi connectivity index (χ4n) is 3.84. The summed E-state index contributed by atoms with van der Waals surface area (Å²) in [6, 6.07) is 0.900. The Morgan fingerprint density at radius 3 is 1.94 bits per heavy atom. The zero-order valence-electron chi connectivity index (χ0n) is 11.5. The van der Waals surface area contributed by atoms with Gasteiger partial charge < -0.3 is 9.80 Å². The topological polar surface area (TPSA) is 9.72 Å². The van der Waals surface area contributed by atoms with Crippen LogP contribution in [0.5, 0.6) is 0 Å². The van der Waals surface area contributed by atoms with Gasteiger partial charge in [-0.3, -0.25) is 4.90 Å². The van der Waals surface area contributed by atoms with Crippen LogP contribution < -0.4 is 0 Å². The molecule has 1 spiro atoms. The maximum Gasteiger partial charge on any atom is 0.0120 e. The van der Waals surface area contributed by atoms with Crippen LogP contribution in [0.3, 0.4) is 0 Å². The van der Waals surface area contributed by atoms with Gasteiger partial charge in [-0.1, -0.05) is 0 Å². The van der Waals surface area contributed by atoms with E-state index < -0.39 is 0 Å². The van der Waals surface area contributed by atoms with Crippen LogP contribution in [-0.4, -0.2) is 74.1 Å². The summed E-state index contributed by atoms with van der Waals surface area (Å²) in [6.45, 7) is 8.04. The Morgan fingerprint density at radius 1 is 0.824 bits per heavy atom. The normalized spacial score (nSPS) is 32.8. The minimum absolute atomic E-state index is 0.718. The van der Waals surface area contributed by atoms with Gasteiger partial charge in [-0.25, -0.2) is 0 Å². The first-order valence-corrected chi connectivity index (χ1v) is 7.28. The van der Waals surface area contributed by atoms with Crippen LogP contribution >= 0.6 is 0 Å². The van der Waals surface area contributed by atoms with E-state index in [-0.39, 0.29) is 0 Å². The van der Waals surface area contributed by atoms with Crippen molar-refractivity contribution in [2.24, 2.45) is 5.41 Å². The molecule has 98 valence electrons. The molecule has 3 aliphatic heterocycles. The fourth-order valence-corrected chi connectivity index (χ4v) is 3.84. The van der Waals surface area contributed by atoms with E-state index in [2.05, 4.69) is 28.8 Å². The maximum atomic E-state index is 2.78. The van der Waals surface area contributed by atoms with Crippen molar-refractivity contribution in [1.29, 1.82) is 0 Å². The maximum absolute atomic E-state index is 2.78. The van der Waals surface area contributed by atoms with E-state index in [1.165, 1.54) is 65.0 Å². The second-order valence-corrected chi connectivity index (χ2v) is 6.74. The molecule has 0 N–H and O–H groups in total. The summed E-state index contributed by atoms with van der Waals surface area (Å²) in [4.78, 5) is 7.74. The van der Waals surface area contributed by atoms with Crippen LogP contribution in [0.1, 0.15) is 25.7 Å². The van der Waals surface area contributed by atoms with E-state index in [4.69, 9.17) is 0 Å². The highest BCUT2D eigenvalue weighted by Crippen LogP contribution is 2.42. The van der Waals surface area contributed by atoms with Gasteiger partial charge in [0, 0.05) is 19.1 Å². The lowest BCUT2D eigenvalue weighted by molar-refractivity contribution is -0.0763. The second-order valence-electron chi connectivity index (χ2n) is 6.74. The quantitative estimate of drug-likeness (QED) is 0.676. The Kier molecular flexibility index (Phi) is 3.18. The largest absolute Gasteiger partial charge is 0.306 e. The molecule has 0 aliphatic carbocycles. The highest BCUT2D eigenvalue weighted by molar-refractivity contribution is 5.00. The van der Waals surface area contributed by atoms with Crippen molar-refractivity contribution in [1.82, 2.24) is 14.7 Å². The molecule has 17 heavy (non-hydrogen) atoms. The standard InChI is InChI=1S/C14H27N3/c1-15-7-3-13(4-8-15)17-11-14(12-17)5-9-16(2)10-6-14/h13H,3-12H2,1-2H3. The monoisotopic (exact) mass is 237 g/mol. The zero-order valence-corrected chi connectivity index (χ0v) is 11.5. The Labute approximate surface area is 106 Å². The molecule has 3 saturated heterocycles. The molecule has 0 bridgehead atoms. The first-order chi connectivity index (χ1) is 8.17. The van der Waals surface area contributed by atoms with Gasteiger partial charge in [0.05, 0.1) is 0 Å². The summed E-state index contributed by atoms with van der Waals surface area (Å²) < 4.78 is 0. The predicted octanol–water partition coefficient (Wildman–Crippen LogP) is 1.11. The van der Waals surface area contributed by atoms with Gasteiger partial charge in [0.15, 0.2) is 0 Å². The predicted molar refractivity (Wildman–Crippen MR) is 71.3 cm³/mol. The van der Waals surface area contributed by atoms with Crippen molar-refractivity contribution in [2.75, 3.05) is 53.4 Å². The Balaban J connectivity index is 1.48. The zero-order chi connectivity index (χ0) is 11.9. The van der Waals surface area contributed by atoms with Crippen molar-refractivity contribution in [2.45, 2.75) is 31.7 Å². The van der Waals surface area contributed by atoms with E-state index in [9.17, 15) is 0 Å². The molecular weight excluding hydrogens is 210 g/mol. The van der Waals surface area contributed by atoms with Gasteiger partial charge in [0.2, 0.25) is 0 Å². The van der Waals surface area contributed by atoms with E-state index >= 15 is 0 Å². The summed E-state index contributed by atoms with van der Waals surface area (Å²) >= 11 is 0. The SMILES string of the molecule is CN1CCC(N2CC3(CCN(C)CC3)C2)CC1. The summed E-state index contributed by atoms with van der Waals surface area (Å²) in [7, 11) is 4.52. The number of piperidine rings is 2. The highest BCUT2D eigenvalue weighted by Gasteiger charge is 2.46. The van der Waals surface area contributed by atoms with Crippen LogP contribution in [0.2, 0.25) is 0 Å². The van der Waals surface area contributed by atoms with Crippen molar-refractivity contribution in [3.8, 4) is 0 Å². The Hall–Kier alpha value is -0.120. The number of nitrogens with zero attached hydrogens (tertiary/aromatic N) is 3. The minimum atomic E-state index is 0.718. The lowest BCUT2D eigenvalue weighted by Crippen LogP contribution is -2.63. The second kappa shape index (κ2) is 4.52. The van der Waals surface area contributed by atoms with Gasteiger partial charge in [-0.05, 0) is 71.4 Å². The number of likely N-dealkylation sites (tertiary alicyclic amines) is 3. The molecule has 3 heterocycles. The van der Waals surface area contributed by atoms with Crippen LogP contribution in [0.4, 0.5) is 0 Å². The van der Waals surface area contributed by atoms with Crippen molar-refractivity contribution >= 4 is 0 Å². The molecule has 3 heteroatoms. The first kappa shape index (κ1) is 11.9. The van der Waals surface area contributed by atoms with Crippen molar-refractivity contribution in [3.63, 3.8) is 0 Å². The molecule has 0 unspecified atom stereocenters.